The van der Waals surface area contributed by atoms with Gasteiger partial charge in [0, 0.05) is 19.1 Å². The van der Waals surface area contributed by atoms with Crippen molar-refractivity contribution in [2.24, 2.45) is 0 Å². The molecule has 0 radical (unpaired) electrons. The minimum absolute atomic E-state index is 0.00373. The zero-order valence-electron chi connectivity index (χ0n) is 22.1. The van der Waals surface area contributed by atoms with Gasteiger partial charge in [0.2, 0.25) is 15.9 Å². The summed E-state index contributed by atoms with van der Waals surface area (Å²) in [7, 11) is -2.20. The molecule has 0 atom stereocenters. The number of ether oxygens (including phenoxy) is 1. The van der Waals surface area contributed by atoms with E-state index in [9.17, 15) is 18.0 Å². The number of amides is 1. The SMILES string of the molecule is COc1ccc(S(=O)(=O)N2CCCCC2)cc1NC(=O)CSc1nc2ccccc2c(=O)n1C1CCCCC1. The Kier molecular flexibility index (Phi) is 8.58. The number of nitrogens with zero attached hydrogens (tertiary/aromatic N) is 3. The van der Waals surface area contributed by atoms with Gasteiger partial charge in [-0.1, -0.05) is 49.6 Å². The molecule has 1 saturated heterocycles. The number of carbonyl (C=O) groups is 1. The second-order valence-corrected chi connectivity index (χ2v) is 12.9. The average Bonchev–Trinajstić information content (AvgIpc) is 2.97. The van der Waals surface area contributed by atoms with Gasteiger partial charge in [-0.3, -0.25) is 14.2 Å². The first-order chi connectivity index (χ1) is 18.9. The van der Waals surface area contributed by atoms with Crippen molar-refractivity contribution in [3.8, 4) is 5.75 Å². The predicted molar refractivity (Wildman–Crippen MR) is 153 cm³/mol. The maximum absolute atomic E-state index is 13.5. The molecule has 5 rings (SSSR count). The largest absolute Gasteiger partial charge is 0.495 e. The van der Waals surface area contributed by atoms with Crippen LogP contribution in [0.4, 0.5) is 5.69 Å². The van der Waals surface area contributed by atoms with Gasteiger partial charge in [0.15, 0.2) is 5.16 Å². The molecule has 2 fully saturated rings. The first-order valence-corrected chi connectivity index (χ1v) is 15.9. The standard InChI is InChI=1S/C28H34N4O5S2/c1-37-25-15-14-21(39(35,36)31-16-8-3-9-17-31)18-24(25)29-26(33)19-38-28-30-23-13-7-6-12-22(23)27(34)32(28)20-10-4-2-5-11-20/h6-7,12-15,18,20H,2-5,8-11,16-17,19H2,1H3,(H,29,33). The zero-order chi connectivity index (χ0) is 27.4. The summed E-state index contributed by atoms with van der Waals surface area (Å²) in [4.78, 5) is 31.4. The molecule has 1 aromatic heterocycles. The minimum Gasteiger partial charge on any atom is -0.495 e. The highest BCUT2D eigenvalue weighted by Gasteiger charge is 2.27. The number of carbonyl (C=O) groups excluding carboxylic acids is 1. The van der Waals surface area contributed by atoms with Crippen LogP contribution >= 0.6 is 11.8 Å². The van der Waals surface area contributed by atoms with Gasteiger partial charge in [-0.25, -0.2) is 13.4 Å². The maximum atomic E-state index is 13.5. The maximum Gasteiger partial charge on any atom is 0.262 e. The van der Waals surface area contributed by atoms with Gasteiger partial charge in [-0.15, -0.1) is 0 Å². The minimum atomic E-state index is -3.67. The van der Waals surface area contributed by atoms with Crippen LogP contribution in [-0.2, 0) is 14.8 Å². The average molecular weight is 571 g/mol. The molecule has 0 unspecified atom stereocenters. The van der Waals surface area contributed by atoms with E-state index in [1.54, 1.807) is 16.7 Å². The van der Waals surface area contributed by atoms with Crippen molar-refractivity contribution in [3.05, 3.63) is 52.8 Å². The fourth-order valence-corrected chi connectivity index (χ4v) is 7.81. The number of hydrogen-bond donors (Lipinski definition) is 1. The normalized spacial score (nSPS) is 17.3. The molecule has 2 aliphatic rings. The first-order valence-electron chi connectivity index (χ1n) is 13.5. The molecule has 1 N–H and O–H groups in total. The van der Waals surface area contributed by atoms with Crippen LogP contribution < -0.4 is 15.6 Å². The highest BCUT2D eigenvalue weighted by Crippen LogP contribution is 2.32. The molecule has 0 bridgehead atoms. The third-order valence-corrected chi connectivity index (χ3v) is 10.3. The van der Waals surface area contributed by atoms with Gasteiger partial charge < -0.3 is 10.1 Å². The van der Waals surface area contributed by atoms with E-state index in [1.165, 1.54) is 35.3 Å². The van der Waals surface area contributed by atoms with E-state index in [2.05, 4.69) is 5.32 Å². The number of fused-ring (bicyclic) bond motifs is 1. The smallest absolute Gasteiger partial charge is 0.262 e. The molecular formula is C28H34N4O5S2. The third-order valence-electron chi connectivity index (χ3n) is 7.45. The first kappa shape index (κ1) is 27.7. The molecule has 9 nitrogen and oxygen atoms in total. The number of rotatable bonds is 8. The Morgan fingerprint density at radius 1 is 1.05 bits per heavy atom. The molecule has 1 saturated carbocycles. The number of thioether (sulfide) groups is 1. The Morgan fingerprint density at radius 3 is 2.51 bits per heavy atom. The lowest BCUT2D eigenvalue weighted by atomic mass is 9.95. The van der Waals surface area contributed by atoms with Crippen LogP contribution in [-0.4, -0.2) is 54.1 Å². The van der Waals surface area contributed by atoms with E-state index in [0.717, 1.165) is 51.4 Å². The number of benzene rings is 2. The van der Waals surface area contributed by atoms with Gasteiger partial charge in [0.25, 0.3) is 5.56 Å². The summed E-state index contributed by atoms with van der Waals surface area (Å²) in [5.74, 6) is 0.0290. The van der Waals surface area contributed by atoms with Crippen molar-refractivity contribution >= 4 is 44.3 Å². The molecule has 3 aromatic rings. The molecule has 1 aliphatic heterocycles. The molecule has 208 valence electrons. The van der Waals surface area contributed by atoms with Crippen LogP contribution in [0.5, 0.6) is 5.75 Å². The molecule has 1 amide bonds. The lowest BCUT2D eigenvalue weighted by molar-refractivity contribution is -0.113. The van der Waals surface area contributed by atoms with E-state index >= 15 is 0 Å². The molecule has 2 heterocycles. The van der Waals surface area contributed by atoms with Crippen molar-refractivity contribution in [3.63, 3.8) is 0 Å². The van der Waals surface area contributed by atoms with Crippen molar-refractivity contribution in [2.75, 3.05) is 31.3 Å². The van der Waals surface area contributed by atoms with Gasteiger partial charge in [-0.05, 0) is 56.0 Å². The topological polar surface area (TPSA) is 111 Å². The number of nitrogens with one attached hydrogen (secondary N) is 1. The predicted octanol–water partition coefficient (Wildman–Crippen LogP) is 4.82. The van der Waals surface area contributed by atoms with Crippen LogP contribution in [0.3, 0.4) is 0 Å². The van der Waals surface area contributed by atoms with Crippen molar-refractivity contribution in [2.45, 2.75) is 67.5 Å². The Morgan fingerprint density at radius 2 is 1.77 bits per heavy atom. The van der Waals surface area contributed by atoms with Crippen molar-refractivity contribution < 1.29 is 17.9 Å². The number of methoxy groups -OCH3 is 1. The van der Waals surface area contributed by atoms with E-state index in [4.69, 9.17) is 9.72 Å². The number of piperidine rings is 1. The highest BCUT2D eigenvalue weighted by atomic mass is 32.2. The van der Waals surface area contributed by atoms with Gasteiger partial charge in [-0.2, -0.15) is 4.31 Å². The van der Waals surface area contributed by atoms with Gasteiger partial charge in [0.05, 0.1) is 34.3 Å². The second kappa shape index (κ2) is 12.1. The molecule has 11 heteroatoms. The van der Waals surface area contributed by atoms with E-state index in [0.29, 0.717) is 34.9 Å². The summed E-state index contributed by atoms with van der Waals surface area (Å²) in [6.07, 6.45) is 7.80. The molecule has 2 aromatic carbocycles. The lowest BCUT2D eigenvalue weighted by Gasteiger charge is -2.26. The van der Waals surface area contributed by atoms with Crippen LogP contribution in [0.15, 0.2) is 57.3 Å². The summed E-state index contributed by atoms with van der Waals surface area (Å²) < 4.78 is 35.0. The summed E-state index contributed by atoms with van der Waals surface area (Å²) in [5.41, 5.74) is 0.819. The third kappa shape index (κ3) is 6.00. The van der Waals surface area contributed by atoms with Crippen molar-refractivity contribution in [1.29, 1.82) is 0 Å². The van der Waals surface area contributed by atoms with E-state index in [-0.39, 0.29) is 33.8 Å². The molecule has 1 aliphatic carbocycles. The number of hydrogen-bond acceptors (Lipinski definition) is 7. The van der Waals surface area contributed by atoms with Crippen LogP contribution in [0, 0.1) is 0 Å². The van der Waals surface area contributed by atoms with Crippen LogP contribution in [0.2, 0.25) is 0 Å². The summed E-state index contributed by atoms with van der Waals surface area (Å²) >= 11 is 1.22. The monoisotopic (exact) mass is 570 g/mol. The van der Waals surface area contributed by atoms with E-state index < -0.39 is 10.0 Å². The Bertz CT molecular complexity index is 1510. The summed E-state index contributed by atoms with van der Waals surface area (Å²) in [6, 6.07) is 11.9. The molecule has 0 spiro atoms. The van der Waals surface area contributed by atoms with Crippen molar-refractivity contribution in [1.82, 2.24) is 13.9 Å². The Hall–Kier alpha value is -2.89. The Labute approximate surface area is 233 Å². The molecule has 39 heavy (non-hydrogen) atoms. The molecular weight excluding hydrogens is 536 g/mol. The lowest BCUT2D eigenvalue weighted by Crippen LogP contribution is -2.35. The summed E-state index contributed by atoms with van der Waals surface area (Å²) in [5, 5.41) is 3.91. The summed E-state index contributed by atoms with van der Waals surface area (Å²) in [6.45, 7) is 0.988. The Balaban J connectivity index is 1.37. The van der Waals surface area contributed by atoms with Gasteiger partial charge >= 0.3 is 0 Å². The van der Waals surface area contributed by atoms with E-state index in [1.807, 2.05) is 18.2 Å². The van der Waals surface area contributed by atoms with Crippen LogP contribution in [0.1, 0.15) is 57.4 Å². The fourth-order valence-electron chi connectivity index (χ4n) is 5.40. The van der Waals surface area contributed by atoms with Crippen LogP contribution in [0.25, 0.3) is 10.9 Å². The second-order valence-electron chi connectivity index (χ2n) is 10.0. The number of anilines is 1. The number of sulfonamides is 1. The number of para-hydroxylation sites is 1. The quantitative estimate of drug-likeness (QED) is 0.306. The van der Waals surface area contributed by atoms with Gasteiger partial charge in [0.1, 0.15) is 5.75 Å². The number of aromatic nitrogens is 2. The zero-order valence-corrected chi connectivity index (χ0v) is 23.7. The highest BCUT2D eigenvalue weighted by molar-refractivity contribution is 7.99. The fraction of sp³-hybridized carbons (Fsp3) is 0.464.